The van der Waals surface area contributed by atoms with Crippen LogP contribution in [0.2, 0.25) is 0 Å². The summed E-state index contributed by atoms with van der Waals surface area (Å²) in [6.45, 7) is 5.60. The van der Waals surface area contributed by atoms with Gasteiger partial charge in [-0.15, -0.1) is 11.3 Å². The molecule has 1 amide bonds. The monoisotopic (exact) mass is 382 g/mol. The molecule has 1 aromatic carbocycles. The third-order valence-corrected chi connectivity index (χ3v) is 6.34. The predicted octanol–water partition coefficient (Wildman–Crippen LogP) is 3.64. The van der Waals surface area contributed by atoms with Gasteiger partial charge in [0.05, 0.1) is 23.4 Å². The lowest BCUT2D eigenvalue weighted by molar-refractivity contribution is 0.103. The first-order valence-corrected chi connectivity index (χ1v) is 10.4. The molecule has 2 N–H and O–H groups in total. The van der Waals surface area contributed by atoms with E-state index in [0.717, 1.165) is 12.0 Å². The summed E-state index contributed by atoms with van der Waals surface area (Å²) in [5.74, 6) is 0.106. The van der Waals surface area contributed by atoms with Crippen molar-refractivity contribution in [2.75, 3.05) is 22.9 Å². The van der Waals surface area contributed by atoms with Gasteiger partial charge in [0, 0.05) is 16.6 Å². The Kier molecular flexibility index (Phi) is 6.07. The molecule has 0 aliphatic heterocycles. The second kappa shape index (κ2) is 7.88. The normalized spacial score (nSPS) is 11.2. The highest BCUT2D eigenvalue weighted by atomic mass is 32.2. The van der Waals surface area contributed by atoms with Crippen molar-refractivity contribution in [2.24, 2.45) is 0 Å². The Labute approximate surface area is 152 Å². The van der Waals surface area contributed by atoms with Crippen molar-refractivity contribution in [1.29, 1.82) is 0 Å². The fourth-order valence-electron chi connectivity index (χ4n) is 2.27. The third kappa shape index (κ3) is 4.73. The highest BCUT2D eigenvalue weighted by molar-refractivity contribution is 7.92. The Morgan fingerprint density at radius 2 is 1.96 bits per heavy atom. The average molecular weight is 383 g/mol. The SMILES string of the molecule is CCc1sc(C(=O)Nc2ccc(NS(=O)(=O)CC)c(OC)c2)cc1C. The molecule has 6 nitrogen and oxygen atoms in total. The molecule has 0 saturated heterocycles. The Bertz CT molecular complexity index is 873. The topological polar surface area (TPSA) is 84.5 Å². The minimum absolute atomic E-state index is 0.0356. The standard InChI is InChI=1S/C17H22N2O4S2/c1-5-15-11(3)9-16(24-15)17(20)18-12-7-8-13(14(10-12)23-4)19-25(21,22)6-2/h7-10,19H,5-6H2,1-4H3,(H,18,20). The molecule has 0 aliphatic carbocycles. The molecule has 2 rings (SSSR count). The first-order valence-electron chi connectivity index (χ1n) is 7.88. The molecular formula is C17H22N2O4S2. The molecule has 1 aromatic heterocycles. The maximum absolute atomic E-state index is 12.4. The fraction of sp³-hybridized carbons (Fsp3) is 0.353. The number of sulfonamides is 1. The summed E-state index contributed by atoms with van der Waals surface area (Å²) in [4.78, 5) is 14.2. The summed E-state index contributed by atoms with van der Waals surface area (Å²) in [5.41, 5.74) is 1.98. The lowest BCUT2D eigenvalue weighted by atomic mass is 10.2. The number of methoxy groups -OCH3 is 1. The van der Waals surface area contributed by atoms with Crippen LogP contribution in [0.5, 0.6) is 5.75 Å². The van der Waals surface area contributed by atoms with Crippen molar-refractivity contribution in [2.45, 2.75) is 27.2 Å². The smallest absolute Gasteiger partial charge is 0.265 e. The van der Waals surface area contributed by atoms with Crippen molar-refractivity contribution in [3.63, 3.8) is 0 Å². The summed E-state index contributed by atoms with van der Waals surface area (Å²) in [6.07, 6.45) is 0.893. The van der Waals surface area contributed by atoms with Gasteiger partial charge in [-0.2, -0.15) is 0 Å². The van der Waals surface area contributed by atoms with Crippen LogP contribution in [0.4, 0.5) is 11.4 Å². The number of thiophene rings is 1. The number of carbonyl (C=O) groups is 1. The van der Waals surface area contributed by atoms with Gasteiger partial charge in [-0.3, -0.25) is 9.52 Å². The van der Waals surface area contributed by atoms with Gasteiger partial charge in [-0.25, -0.2) is 8.42 Å². The fourth-order valence-corrected chi connectivity index (χ4v) is 3.93. The van der Waals surface area contributed by atoms with E-state index in [1.165, 1.54) is 23.3 Å². The van der Waals surface area contributed by atoms with Crippen LogP contribution in [0.25, 0.3) is 0 Å². The third-order valence-electron chi connectivity index (χ3n) is 3.67. The van der Waals surface area contributed by atoms with Crippen molar-refractivity contribution < 1.29 is 17.9 Å². The zero-order valence-electron chi connectivity index (χ0n) is 14.7. The quantitative estimate of drug-likeness (QED) is 0.766. The van der Waals surface area contributed by atoms with Crippen LogP contribution >= 0.6 is 11.3 Å². The molecule has 0 bridgehead atoms. The van der Waals surface area contributed by atoms with Gasteiger partial charge in [-0.05, 0) is 44.0 Å². The molecule has 2 aromatic rings. The van der Waals surface area contributed by atoms with Crippen LogP contribution in [0.1, 0.15) is 34.0 Å². The number of ether oxygens (including phenoxy) is 1. The number of anilines is 2. The summed E-state index contributed by atoms with van der Waals surface area (Å²) >= 11 is 1.48. The van der Waals surface area contributed by atoms with E-state index < -0.39 is 10.0 Å². The van der Waals surface area contributed by atoms with Crippen molar-refractivity contribution >= 4 is 38.6 Å². The first kappa shape index (κ1) is 19.3. The summed E-state index contributed by atoms with van der Waals surface area (Å²) < 4.78 is 31.1. The molecule has 0 unspecified atom stereocenters. The Hall–Kier alpha value is -2.06. The van der Waals surface area contributed by atoms with Gasteiger partial charge < -0.3 is 10.1 Å². The van der Waals surface area contributed by atoms with E-state index >= 15 is 0 Å². The summed E-state index contributed by atoms with van der Waals surface area (Å²) in [5, 5.41) is 2.82. The van der Waals surface area contributed by atoms with E-state index in [-0.39, 0.29) is 11.7 Å². The highest BCUT2D eigenvalue weighted by Gasteiger charge is 2.15. The molecule has 1 heterocycles. The number of carbonyl (C=O) groups excluding carboxylic acids is 1. The molecular weight excluding hydrogens is 360 g/mol. The molecule has 136 valence electrons. The zero-order valence-corrected chi connectivity index (χ0v) is 16.3. The second-order valence-corrected chi connectivity index (χ2v) is 8.59. The molecule has 25 heavy (non-hydrogen) atoms. The highest BCUT2D eigenvalue weighted by Crippen LogP contribution is 2.30. The van der Waals surface area contributed by atoms with Gasteiger partial charge in [0.2, 0.25) is 10.0 Å². The molecule has 0 aliphatic rings. The van der Waals surface area contributed by atoms with Crippen LogP contribution in [0.15, 0.2) is 24.3 Å². The first-order chi connectivity index (χ1) is 11.8. The molecule has 0 radical (unpaired) electrons. The number of aryl methyl sites for hydroxylation is 2. The van der Waals surface area contributed by atoms with E-state index in [1.807, 2.05) is 13.0 Å². The Morgan fingerprint density at radius 3 is 2.52 bits per heavy atom. The maximum Gasteiger partial charge on any atom is 0.265 e. The van der Waals surface area contributed by atoms with Crippen molar-refractivity contribution in [3.05, 3.63) is 39.6 Å². The minimum Gasteiger partial charge on any atom is -0.494 e. The van der Waals surface area contributed by atoms with Gasteiger partial charge in [0.15, 0.2) is 0 Å². The lowest BCUT2D eigenvalue weighted by Crippen LogP contribution is -2.15. The van der Waals surface area contributed by atoms with Crippen LogP contribution < -0.4 is 14.8 Å². The lowest BCUT2D eigenvalue weighted by Gasteiger charge is -2.13. The summed E-state index contributed by atoms with van der Waals surface area (Å²) in [6, 6.07) is 6.67. The summed E-state index contributed by atoms with van der Waals surface area (Å²) in [7, 11) is -1.96. The van der Waals surface area contributed by atoms with E-state index in [9.17, 15) is 13.2 Å². The second-order valence-electron chi connectivity index (χ2n) is 5.45. The molecule has 0 atom stereocenters. The maximum atomic E-state index is 12.4. The number of benzene rings is 1. The van der Waals surface area contributed by atoms with Gasteiger partial charge in [0.1, 0.15) is 5.75 Å². The van der Waals surface area contributed by atoms with Crippen molar-refractivity contribution in [3.8, 4) is 5.75 Å². The van der Waals surface area contributed by atoms with Crippen LogP contribution in [0.3, 0.4) is 0 Å². The Balaban J connectivity index is 2.21. The van der Waals surface area contributed by atoms with Crippen LogP contribution in [-0.2, 0) is 16.4 Å². The molecule has 0 spiro atoms. The largest absolute Gasteiger partial charge is 0.494 e. The number of hydrogen-bond donors (Lipinski definition) is 2. The van der Waals surface area contributed by atoms with Gasteiger partial charge >= 0.3 is 0 Å². The van der Waals surface area contributed by atoms with Crippen molar-refractivity contribution in [1.82, 2.24) is 0 Å². The number of nitrogens with one attached hydrogen (secondary N) is 2. The number of amides is 1. The number of hydrogen-bond acceptors (Lipinski definition) is 5. The van der Waals surface area contributed by atoms with Gasteiger partial charge in [0.25, 0.3) is 5.91 Å². The van der Waals surface area contributed by atoms with E-state index in [0.29, 0.717) is 22.0 Å². The van der Waals surface area contributed by atoms with E-state index in [1.54, 1.807) is 25.1 Å². The number of rotatable bonds is 7. The van der Waals surface area contributed by atoms with Crippen LogP contribution in [-0.4, -0.2) is 27.2 Å². The molecule has 0 saturated carbocycles. The van der Waals surface area contributed by atoms with Gasteiger partial charge in [-0.1, -0.05) is 6.92 Å². The molecule has 0 fully saturated rings. The van der Waals surface area contributed by atoms with E-state index in [2.05, 4.69) is 17.0 Å². The van der Waals surface area contributed by atoms with Crippen LogP contribution in [0, 0.1) is 6.92 Å². The average Bonchev–Trinajstić information content (AvgIpc) is 2.97. The Morgan fingerprint density at radius 1 is 1.24 bits per heavy atom. The zero-order chi connectivity index (χ0) is 18.6. The molecule has 8 heteroatoms. The minimum atomic E-state index is -3.40. The van der Waals surface area contributed by atoms with E-state index in [4.69, 9.17) is 4.74 Å². The predicted molar refractivity (Wildman–Crippen MR) is 102 cm³/mol.